The molecule has 0 saturated heterocycles. The van der Waals surface area contributed by atoms with Crippen LogP contribution in [0.4, 0.5) is 5.69 Å². The Morgan fingerprint density at radius 3 is 2.86 bits per heavy atom. The summed E-state index contributed by atoms with van der Waals surface area (Å²) in [7, 11) is 0. The maximum Gasteiger partial charge on any atom is 0.274 e. The van der Waals surface area contributed by atoms with E-state index >= 15 is 0 Å². The third kappa shape index (κ3) is 2.24. The molecule has 0 aliphatic heterocycles. The molecule has 4 heteroatoms. The summed E-state index contributed by atoms with van der Waals surface area (Å²) in [5.74, 6) is 2.43. The normalized spacial score (nSPS) is 9.43. The van der Waals surface area contributed by atoms with Gasteiger partial charge in [-0.25, -0.2) is 0 Å². The van der Waals surface area contributed by atoms with E-state index in [9.17, 15) is 10.1 Å². The lowest BCUT2D eigenvalue weighted by atomic mass is 10.1. The smallest absolute Gasteiger partial charge is 0.258 e. The Balaban J connectivity index is 3.10. The molecule has 14 heavy (non-hydrogen) atoms. The zero-order valence-electron chi connectivity index (χ0n) is 7.37. The lowest BCUT2D eigenvalue weighted by Gasteiger charge is -2.02. The Bertz CT molecular complexity index is 396. The van der Waals surface area contributed by atoms with E-state index in [4.69, 9.17) is 18.0 Å². The lowest BCUT2D eigenvalue weighted by Crippen LogP contribution is -1.96. The van der Waals surface area contributed by atoms with Gasteiger partial charge in [-0.3, -0.25) is 10.1 Å². The molecule has 0 aliphatic carbocycles. The van der Waals surface area contributed by atoms with Gasteiger partial charge in [-0.2, -0.15) is 0 Å². The van der Waals surface area contributed by atoms with Crippen molar-refractivity contribution < 1.29 is 4.92 Å². The SMILES string of the molecule is C#CCCc1c(Cl)cccc1[N+](=O)[O-]. The second-order valence-corrected chi connectivity index (χ2v) is 3.11. The molecule has 0 aliphatic rings. The van der Waals surface area contributed by atoms with Crippen LogP contribution in [0.3, 0.4) is 0 Å². The fourth-order valence-corrected chi connectivity index (χ4v) is 1.43. The Labute approximate surface area is 86.8 Å². The van der Waals surface area contributed by atoms with Crippen molar-refractivity contribution in [2.24, 2.45) is 0 Å². The molecule has 1 aromatic carbocycles. The van der Waals surface area contributed by atoms with Crippen molar-refractivity contribution in [1.82, 2.24) is 0 Å². The number of nitrogens with zero attached hydrogens (tertiary/aromatic N) is 1. The van der Waals surface area contributed by atoms with Gasteiger partial charge in [0, 0.05) is 18.1 Å². The maximum absolute atomic E-state index is 10.6. The van der Waals surface area contributed by atoms with Crippen molar-refractivity contribution in [3.63, 3.8) is 0 Å². The first-order chi connectivity index (χ1) is 6.66. The van der Waals surface area contributed by atoms with Gasteiger partial charge in [0.1, 0.15) is 0 Å². The van der Waals surface area contributed by atoms with E-state index in [1.807, 2.05) is 0 Å². The van der Waals surface area contributed by atoms with Crippen LogP contribution in [-0.2, 0) is 6.42 Å². The van der Waals surface area contributed by atoms with Gasteiger partial charge in [-0.1, -0.05) is 17.7 Å². The van der Waals surface area contributed by atoms with Crippen molar-refractivity contribution in [2.45, 2.75) is 12.8 Å². The second-order valence-electron chi connectivity index (χ2n) is 2.70. The van der Waals surface area contributed by atoms with Gasteiger partial charge in [0.2, 0.25) is 0 Å². The molecular formula is C10H8ClNO2. The molecule has 0 spiro atoms. The van der Waals surface area contributed by atoms with E-state index in [0.717, 1.165) is 0 Å². The molecule has 1 rings (SSSR count). The number of rotatable bonds is 3. The van der Waals surface area contributed by atoms with Gasteiger partial charge in [-0.05, 0) is 12.5 Å². The molecule has 0 radical (unpaired) electrons. The molecular weight excluding hydrogens is 202 g/mol. The fourth-order valence-electron chi connectivity index (χ4n) is 1.16. The molecule has 0 saturated carbocycles. The zero-order chi connectivity index (χ0) is 10.6. The molecule has 0 N–H and O–H groups in total. The minimum Gasteiger partial charge on any atom is -0.258 e. The fraction of sp³-hybridized carbons (Fsp3) is 0.200. The topological polar surface area (TPSA) is 43.1 Å². The van der Waals surface area contributed by atoms with E-state index in [1.165, 1.54) is 6.07 Å². The number of terminal acetylenes is 1. The van der Waals surface area contributed by atoms with Crippen LogP contribution in [0.5, 0.6) is 0 Å². The molecule has 0 amide bonds. The Morgan fingerprint density at radius 2 is 2.29 bits per heavy atom. The van der Waals surface area contributed by atoms with E-state index in [-0.39, 0.29) is 5.69 Å². The highest BCUT2D eigenvalue weighted by atomic mass is 35.5. The number of nitro groups is 1. The van der Waals surface area contributed by atoms with Crippen LogP contribution in [0, 0.1) is 22.5 Å². The lowest BCUT2D eigenvalue weighted by molar-refractivity contribution is -0.385. The second kappa shape index (κ2) is 4.64. The first-order valence-corrected chi connectivity index (χ1v) is 4.40. The maximum atomic E-state index is 10.6. The summed E-state index contributed by atoms with van der Waals surface area (Å²) in [6, 6.07) is 4.61. The van der Waals surface area contributed by atoms with Gasteiger partial charge in [0.25, 0.3) is 5.69 Å². The molecule has 0 aromatic heterocycles. The van der Waals surface area contributed by atoms with Crippen molar-refractivity contribution in [2.75, 3.05) is 0 Å². The van der Waals surface area contributed by atoms with E-state index in [2.05, 4.69) is 5.92 Å². The Hall–Kier alpha value is -1.53. The predicted octanol–water partition coefficient (Wildman–Crippen LogP) is 2.81. The van der Waals surface area contributed by atoms with Crippen LogP contribution in [0.15, 0.2) is 18.2 Å². The summed E-state index contributed by atoms with van der Waals surface area (Å²) in [6.45, 7) is 0. The van der Waals surface area contributed by atoms with Crippen LogP contribution in [0.1, 0.15) is 12.0 Å². The molecule has 0 bridgehead atoms. The number of halogens is 1. The molecule has 0 heterocycles. The minimum atomic E-state index is -0.447. The number of nitro benzene ring substituents is 1. The molecule has 0 unspecified atom stereocenters. The van der Waals surface area contributed by atoms with Crippen LogP contribution in [0.25, 0.3) is 0 Å². The summed E-state index contributed by atoms with van der Waals surface area (Å²) in [6.07, 6.45) is 5.98. The van der Waals surface area contributed by atoms with Gasteiger partial charge in [-0.15, -0.1) is 12.3 Å². The van der Waals surface area contributed by atoms with Gasteiger partial charge in [0.15, 0.2) is 0 Å². The van der Waals surface area contributed by atoms with Crippen molar-refractivity contribution in [3.05, 3.63) is 38.9 Å². The van der Waals surface area contributed by atoms with Gasteiger partial charge >= 0.3 is 0 Å². The van der Waals surface area contributed by atoms with E-state index in [0.29, 0.717) is 23.4 Å². The number of benzene rings is 1. The van der Waals surface area contributed by atoms with Crippen LogP contribution in [0.2, 0.25) is 5.02 Å². The Kier molecular flexibility index (Phi) is 3.49. The quantitative estimate of drug-likeness (QED) is 0.437. The van der Waals surface area contributed by atoms with Crippen molar-refractivity contribution in [1.29, 1.82) is 0 Å². The number of hydrogen-bond donors (Lipinski definition) is 0. The van der Waals surface area contributed by atoms with E-state index < -0.39 is 4.92 Å². The molecule has 1 aromatic rings. The van der Waals surface area contributed by atoms with Gasteiger partial charge in [0.05, 0.1) is 9.95 Å². The molecule has 0 fully saturated rings. The number of hydrogen-bond acceptors (Lipinski definition) is 2. The van der Waals surface area contributed by atoms with Crippen molar-refractivity contribution >= 4 is 17.3 Å². The zero-order valence-corrected chi connectivity index (χ0v) is 8.12. The first kappa shape index (κ1) is 10.6. The molecule has 0 atom stereocenters. The third-order valence-corrected chi connectivity index (χ3v) is 2.16. The summed E-state index contributed by atoms with van der Waals surface area (Å²) >= 11 is 5.84. The average molecular weight is 210 g/mol. The minimum absolute atomic E-state index is 0.0350. The van der Waals surface area contributed by atoms with Crippen molar-refractivity contribution in [3.8, 4) is 12.3 Å². The highest BCUT2D eigenvalue weighted by molar-refractivity contribution is 6.31. The standard InChI is InChI=1S/C10H8ClNO2/c1-2-3-5-8-9(11)6-4-7-10(8)12(13)14/h1,4,6-7H,3,5H2. The highest BCUT2D eigenvalue weighted by Crippen LogP contribution is 2.27. The monoisotopic (exact) mass is 209 g/mol. The van der Waals surface area contributed by atoms with Crippen LogP contribution < -0.4 is 0 Å². The largest absolute Gasteiger partial charge is 0.274 e. The summed E-state index contributed by atoms with van der Waals surface area (Å²) < 4.78 is 0. The summed E-state index contributed by atoms with van der Waals surface area (Å²) in [5.41, 5.74) is 0.546. The van der Waals surface area contributed by atoms with Crippen LogP contribution >= 0.6 is 11.6 Å². The third-order valence-electron chi connectivity index (χ3n) is 1.81. The molecule has 72 valence electrons. The van der Waals surface area contributed by atoms with Crippen LogP contribution in [-0.4, -0.2) is 4.92 Å². The highest BCUT2D eigenvalue weighted by Gasteiger charge is 2.15. The predicted molar refractivity (Wildman–Crippen MR) is 55.3 cm³/mol. The molecule has 3 nitrogen and oxygen atoms in total. The summed E-state index contributed by atoms with van der Waals surface area (Å²) in [4.78, 5) is 10.2. The van der Waals surface area contributed by atoms with E-state index in [1.54, 1.807) is 12.1 Å². The average Bonchev–Trinajstić information content (AvgIpc) is 2.15. The Morgan fingerprint density at radius 1 is 1.57 bits per heavy atom. The summed E-state index contributed by atoms with van der Waals surface area (Å²) in [5, 5.41) is 11.0. The van der Waals surface area contributed by atoms with Gasteiger partial charge < -0.3 is 0 Å². The first-order valence-electron chi connectivity index (χ1n) is 4.02.